The van der Waals surface area contributed by atoms with Crippen molar-refractivity contribution < 1.29 is 14.7 Å². The second-order valence-corrected chi connectivity index (χ2v) is 4.09. The fourth-order valence-corrected chi connectivity index (χ4v) is 2.05. The highest BCUT2D eigenvalue weighted by molar-refractivity contribution is 7.09. The van der Waals surface area contributed by atoms with Crippen LogP contribution in [0.15, 0.2) is 5.38 Å². The third-order valence-corrected chi connectivity index (χ3v) is 3.00. The highest BCUT2D eigenvalue weighted by Gasteiger charge is 2.29. The van der Waals surface area contributed by atoms with E-state index in [2.05, 4.69) is 4.98 Å². The van der Waals surface area contributed by atoms with Gasteiger partial charge in [0.25, 0.3) is 0 Å². The van der Waals surface area contributed by atoms with Gasteiger partial charge in [0.1, 0.15) is 5.01 Å². The molecule has 1 aromatic heterocycles. The van der Waals surface area contributed by atoms with E-state index in [0.29, 0.717) is 5.01 Å². The summed E-state index contributed by atoms with van der Waals surface area (Å²) in [6.45, 7) is 3.11. The fraction of sp³-hybridized carbons (Fsp3) is 0.444. The summed E-state index contributed by atoms with van der Waals surface area (Å²) in [5, 5.41) is 11.2. The number of carboxylic acids is 1. The van der Waals surface area contributed by atoms with E-state index < -0.39 is 12.0 Å². The maximum absolute atomic E-state index is 11.1. The van der Waals surface area contributed by atoms with Crippen LogP contribution in [0.4, 0.5) is 0 Å². The molecule has 5 nitrogen and oxygen atoms in total. The van der Waals surface area contributed by atoms with E-state index in [1.165, 1.54) is 30.2 Å². The molecule has 1 atom stereocenters. The molecule has 1 N–H and O–H groups in total. The Labute approximate surface area is 91.4 Å². The number of carbonyl (C=O) groups is 2. The van der Waals surface area contributed by atoms with Crippen molar-refractivity contribution in [3.63, 3.8) is 0 Å². The first kappa shape index (κ1) is 11.6. The highest BCUT2D eigenvalue weighted by Crippen LogP contribution is 2.23. The number of aryl methyl sites for hydroxylation is 1. The predicted molar refractivity (Wildman–Crippen MR) is 55.7 cm³/mol. The molecule has 1 heterocycles. The van der Waals surface area contributed by atoms with Gasteiger partial charge in [-0.15, -0.1) is 11.3 Å². The molecule has 0 aliphatic heterocycles. The maximum atomic E-state index is 11.1. The molecule has 82 valence electrons. The summed E-state index contributed by atoms with van der Waals surface area (Å²) in [5.74, 6) is -1.36. The van der Waals surface area contributed by atoms with Gasteiger partial charge in [-0.2, -0.15) is 0 Å². The van der Waals surface area contributed by atoms with E-state index in [9.17, 15) is 9.59 Å². The van der Waals surface area contributed by atoms with Crippen LogP contribution >= 0.6 is 11.3 Å². The molecule has 0 aliphatic rings. The molecule has 0 aromatic carbocycles. The van der Waals surface area contributed by atoms with Gasteiger partial charge in [-0.1, -0.05) is 0 Å². The van der Waals surface area contributed by atoms with E-state index in [0.717, 1.165) is 5.69 Å². The van der Waals surface area contributed by atoms with Crippen LogP contribution < -0.4 is 0 Å². The molecule has 1 aromatic rings. The average Bonchev–Trinajstić information content (AvgIpc) is 2.51. The van der Waals surface area contributed by atoms with Gasteiger partial charge < -0.3 is 10.0 Å². The van der Waals surface area contributed by atoms with E-state index >= 15 is 0 Å². The Morgan fingerprint density at radius 1 is 1.60 bits per heavy atom. The van der Waals surface area contributed by atoms with Gasteiger partial charge >= 0.3 is 5.97 Å². The number of hydrogen-bond donors (Lipinski definition) is 1. The molecule has 0 saturated heterocycles. The van der Waals surface area contributed by atoms with Crippen molar-refractivity contribution in [3.05, 3.63) is 16.1 Å². The van der Waals surface area contributed by atoms with E-state index in [4.69, 9.17) is 5.11 Å². The molecule has 0 bridgehead atoms. The molecule has 1 unspecified atom stereocenters. The summed E-state index contributed by atoms with van der Waals surface area (Å²) in [6, 6.07) is -0.985. The van der Waals surface area contributed by atoms with Gasteiger partial charge in [0.2, 0.25) is 5.91 Å². The van der Waals surface area contributed by atoms with Crippen LogP contribution in [0.5, 0.6) is 0 Å². The van der Waals surface area contributed by atoms with Crippen molar-refractivity contribution in [2.24, 2.45) is 0 Å². The Bertz CT molecular complexity index is 388. The molecule has 6 heteroatoms. The van der Waals surface area contributed by atoms with E-state index in [-0.39, 0.29) is 5.91 Å². The SMILES string of the molecule is CC(=O)N(C)C(C(=O)O)c1nc(C)cs1. The number of nitrogens with zero attached hydrogens (tertiary/aromatic N) is 2. The molecule has 0 spiro atoms. The van der Waals surface area contributed by atoms with Gasteiger partial charge in [0.15, 0.2) is 6.04 Å². The van der Waals surface area contributed by atoms with E-state index in [1.54, 1.807) is 12.3 Å². The lowest BCUT2D eigenvalue weighted by Crippen LogP contribution is -2.34. The third-order valence-electron chi connectivity index (χ3n) is 1.99. The van der Waals surface area contributed by atoms with Crippen molar-refractivity contribution in [1.29, 1.82) is 0 Å². The smallest absolute Gasteiger partial charge is 0.333 e. The number of likely N-dealkylation sites (N-methyl/N-ethyl adjacent to an activating group) is 1. The zero-order valence-electron chi connectivity index (χ0n) is 8.72. The number of aliphatic carboxylic acids is 1. The Hall–Kier alpha value is -1.43. The lowest BCUT2D eigenvalue weighted by Gasteiger charge is -2.21. The summed E-state index contributed by atoms with van der Waals surface area (Å²) in [7, 11) is 1.46. The van der Waals surface area contributed by atoms with Crippen molar-refractivity contribution in [2.75, 3.05) is 7.05 Å². The summed E-state index contributed by atoms with van der Waals surface area (Å²) in [5.41, 5.74) is 0.762. The second-order valence-electron chi connectivity index (χ2n) is 3.20. The van der Waals surface area contributed by atoms with Gasteiger partial charge in [0, 0.05) is 25.0 Å². The van der Waals surface area contributed by atoms with Gasteiger partial charge in [0.05, 0.1) is 0 Å². The average molecular weight is 228 g/mol. The molecule has 0 saturated carbocycles. The quantitative estimate of drug-likeness (QED) is 0.839. The predicted octanol–water partition coefficient (Wildman–Crippen LogP) is 1.06. The molecular formula is C9H12N2O3S. The summed E-state index contributed by atoms with van der Waals surface area (Å²) >= 11 is 1.25. The topological polar surface area (TPSA) is 70.5 Å². The monoisotopic (exact) mass is 228 g/mol. The minimum Gasteiger partial charge on any atom is -0.479 e. The highest BCUT2D eigenvalue weighted by atomic mass is 32.1. The van der Waals surface area contributed by atoms with Crippen LogP contribution in [-0.2, 0) is 9.59 Å². The van der Waals surface area contributed by atoms with Crippen LogP contribution in [0, 0.1) is 6.92 Å². The fourth-order valence-electron chi connectivity index (χ4n) is 1.12. The molecule has 15 heavy (non-hydrogen) atoms. The number of amides is 1. The standard InChI is InChI=1S/C9H12N2O3S/c1-5-4-15-8(10-5)7(9(13)14)11(3)6(2)12/h4,7H,1-3H3,(H,13,14). The van der Waals surface area contributed by atoms with Crippen molar-refractivity contribution in [1.82, 2.24) is 9.88 Å². The minimum absolute atomic E-state index is 0.296. The van der Waals surface area contributed by atoms with Crippen molar-refractivity contribution >= 4 is 23.2 Å². The third kappa shape index (κ3) is 2.53. The Kier molecular flexibility index (Phi) is 3.41. The largest absolute Gasteiger partial charge is 0.479 e. The van der Waals surface area contributed by atoms with Crippen molar-refractivity contribution in [3.8, 4) is 0 Å². The number of rotatable bonds is 3. The molecule has 0 radical (unpaired) electrons. The minimum atomic E-state index is -1.07. The first-order valence-corrected chi connectivity index (χ1v) is 5.19. The van der Waals surface area contributed by atoms with Gasteiger partial charge in [-0.05, 0) is 6.92 Å². The first-order valence-electron chi connectivity index (χ1n) is 4.31. The zero-order valence-corrected chi connectivity index (χ0v) is 9.54. The number of carboxylic acid groups (broad SMARTS) is 1. The molecule has 1 rings (SSSR count). The number of hydrogen-bond acceptors (Lipinski definition) is 4. The normalized spacial score (nSPS) is 12.2. The number of aromatic nitrogens is 1. The zero-order chi connectivity index (χ0) is 11.6. The number of carbonyl (C=O) groups excluding carboxylic acids is 1. The molecule has 1 amide bonds. The Morgan fingerprint density at radius 2 is 2.20 bits per heavy atom. The lowest BCUT2D eigenvalue weighted by molar-refractivity contribution is -0.148. The van der Waals surface area contributed by atoms with E-state index in [1.807, 2.05) is 0 Å². The summed E-state index contributed by atoms with van der Waals surface area (Å²) in [6.07, 6.45) is 0. The number of thiazole rings is 1. The van der Waals surface area contributed by atoms with Crippen LogP contribution in [0.1, 0.15) is 23.7 Å². The molecule has 0 aliphatic carbocycles. The van der Waals surface area contributed by atoms with Crippen LogP contribution in [0.2, 0.25) is 0 Å². The van der Waals surface area contributed by atoms with Gasteiger partial charge in [-0.25, -0.2) is 9.78 Å². The maximum Gasteiger partial charge on any atom is 0.333 e. The van der Waals surface area contributed by atoms with Gasteiger partial charge in [-0.3, -0.25) is 4.79 Å². The first-order chi connectivity index (χ1) is 6.93. The molecule has 0 fully saturated rings. The summed E-state index contributed by atoms with van der Waals surface area (Å²) in [4.78, 5) is 27.4. The molecular weight excluding hydrogens is 216 g/mol. The van der Waals surface area contributed by atoms with Crippen LogP contribution in [0.25, 0.3) is 0 Å². The Morgan fingerprint density at radius 3 is 2.53 bits per heavy atom. The van der Waals surface area contributed by atoms with Crippen molar-refractivity contribution in [2.45, 2.75) is 19.9 Å². The Balaban J connectivity index is 3.03. The lowest BCUT2D eigenvalue weighted by atomic mass is 10.2. The second kappa shape index (κ2) is 4.39. The van der Waals surface area contributed by atoms with Crippen LogP contribution in [0.3, 0.4) is 0 Å². The van der Waals surface area contributed by atoms with Crippen LogP contribution in [-0.4, -0.2) is 33.9 Å². The summed E-state index contributed by atoms with van der Waals surface area (Å²) < 4.78 is 0.